The summed E-state index contributed by atoms with van der Waals surface area (Å²) in [7, 11) is 0. The molecule has 0 saturated carbocycles. The molecule has 0 spiro atoms. The first-order valence-corrected chi connectivity index (χ1v) is 9.20. The third kappa shape index (κ3) is 3.75. The van der Waals surface area contributed by atoms with Crippen LogP contribution in [0, 0.1) is 0 Å². The topological polar surface area (TPSA) is 71.1 Å². The Morgan fingerprint density at radius 2 is 2.11 bits per heavy atom. The lowest BCUT2D eigenvalue weighted by Crippen LogP contribution is -2.35. The Balaban J connectivity index is 1.59. The lowest BCUT2D eigenvalue weighted by molar-refractivity contribution is 0.234. The van der Waals surface area contributed by atoms with E-state index in [1.807, 2.05) is 37.3 Å². The van der Waals surface area contributed by atoms with Crippen LogP contribution in [0.3, 0.4) is 0 Å². The van der Waals surface area contributed by atoms with E-state index in [0.717, 1.165) is 41.2 Å². The first-order chi connectivity index (χ1) is 13.2. The SMILES string of the molecule is CCOc1ccccc1CN1CCc2c(nc(-c3cccnc3)[nH]c2=O)C1. The normalized spacial score (nSPS) is 14.0. The number of aromatic amines is 1. The van der Waals surface area contributed by atoms with Crippen LogP contribution in [-0.2, 0) is 19.5 Å². The van der Waals surface area contributed by atoms with Crippen LogP contribution in [0.2, 0.25) is 0 Å². The van der Waals surface area contributed by atoms with Gasteiger partial charge in [0.1, 0.15) is 11.6 Å². The van der Waals surface area contributed by atoms with E-state index in [4.69, 9.17) is 9.72 Å². The number of hydrogen-bond donors (Lipinski definition) is 1. The van der Waals surface area contributed by atoms with Gasteiger partial charge in [0, 0.05) is 48.7 Å². The third-order valence-electron chi connectivity index (χ3n) is 4.75. The van der Waals surface area contributed by atoms with Gasteiger partial charge in [-0.1, -0.05) is 18.2 Å². The highest BCUT2D eigenvalue weighted by molar-refractivity contribution is 5.53. The Morgan fingerprint density at radius 3 is 2.93 bits per heavy atom. The van der Waals surface area contributed by atoms with Gasteiger partial charge in [-0.3, -0.25) is 14.7 Å². The molecule has 138 valence electrons. The molecule has 0 radical (unpaired) electrons. The van der Waals surface area contributed by atoms with Crippen molar-refractivity contribution in [3.05, 3.63) is 76.0 Å². The Morgan fingerprint density at radius 1 is 1.22 bits per heavy atom. The predicted molar refractivity (Wildman–Crippen MR) is 104 cm³/mol. The number of ether oxygens (including phenoxy) is 1. The van der Waals surface area contributed by atoms with Gasteiger partial charge in [-0.2, -0.15) is 0 Å². The number of benzene rings is 1. The maximum absolute atomic E-state index is 12.5. The monoisotopic (exact) mass is 362 g/mol. The molecule has 0 amide bonds. The van der Waals surface area contributed by atoms with E-state index in [1.54, 1.807) is 12.4 Å². The summed E-state index contributed by atoms with van der Waals surface area (Å²) in [4.78, 5) is 26.6. The number of rotatable bonds is 5. The van der Waals surface area contributed by atoms with Crippen molar-refractivity contribution in [3.63, 3.8) is 0 Å². The smallest absolute Gasteiger partial charge is 0.254 e. The van der Waals surface area contributed by atoms with Crippen LogP contribution in [0.25, 0.3) is 11.4 Å². The fraction of sp³-hybridized carbons (Fsp3) is 0.286. The largest absolute Gasteiger partial charge is 0.494 e. The van der Waals surface area contributed by atoms with E-state index in [9.17, 15) is 4.79 Å². The molecule has 27 heavy (non-hydrogen) atoms. The Kier molecular flexibility index (Phi) is 4.98. The maximum atomic E-state index is 12.5. The molecule has 0 aliphatic carbocycles. The average molecular weight is 362 g/mol. The van der Waals surface area contributed by atoms with Crippen molar-refractivity contribution in [2.75, 3.05) is 13.2 Å². The average Bonchev–Trinajstić information content (AvgIpc) is 2.70. The number of H-pyrrole nitrogens is 1. The highest BCUT2D eigenvalue weighted by Crippen LogP contribution is 2.23. The summed E-state index contributed by atoms with van der Waals surface area (Å²) in [6.07, 6.45) is 4.11. The molecule has 1 aromatic carbocycles. The van der Waals surface area contributed by atoms with E-state index >= 15 is 0 Å². The number of nitrogens with one attached hydrogen (secondary N) is 1. The molecule has 0 fully saturated rings. The quantitative estimate of drug-likeness (QED) is 0.756. The maximum Gasteiger partial charge on any atom is 0.254 e. The molecular weight excluding hydrogens is 340 g/mol. The summed E-state index contributed by atoms with van der Waals surface area (Å²) in [5.74, 6) is 1.49. The van der Waals surface area contributed by atoms with Crippen LogP contribution in [0.5, 0.6) is 5.75 Å². The van der Waals surface area contributed by atoms with Gasteiger partial charge >= 0.3 is 0 Å². The van der Waals surface area contributed by atoms with Gasteiger partial charge in [0.2, 0.25) is 0 Å². The van der Waals surface area contributed by atoms with Crippen LogP contribution in [0.15, 0.2) is 53.6 Å². The number of aromatic nitrogens is 3. The zero-order chi connectivity index (χ0) is 18.6. The van der Waals surface area contributed by atoms with Crippen molar-refractivity contribution in [3.8, 4) is 17.1 Å². The minimum atomic E-state index is -0.0479. The lowest BCUT2D eigenvalue weighted by Gasteiger charge is -2.28. The van der Waals surface area contributed by atoms with Gasteiger partial charge in [0.15, 0.2) is 0 Å². The van der Waals surface area contributed by atoms with Crippen LogP contribution in [0.4, 0.5) is 0 Å². The fourth-order valence-electron chi connectivity index (χ4n) is 3.44. The van der Waals surface area contributed by atoms with E-state index in [0.29, 0.717) is 25.4 Å². The summed E-state index contributed by atoms with van der Waals surface area (Å²) in [5.41, 5.74) is 3.55. The predicted octanol–water partition coefficient (Wildman–Crippen LogP) is 2.79. The molecule has 1 N–H and O–H groups in total. The van der Waals surface area contributed by atoms with Crippen LogP contribution >= 0.6 is 0 Å². The summed E-state index contributed by atoms with van der Waals surface area (Å²) >= 11 is 0. The first kappa shape index (κ1) is 17.4. The first-order valence-electron chi connectivity index (χ1n) is 9.20. The molecule has 6 nitrogen and oxygen atoms in total. The lowest BCUT2D eigenvalue weighted by atomic mass is 10.0. The van der Waals surface area contributed by atoms with Gasteiger partial charge in [0.05, 0.1) is 12.3 Å². The summed E-state index contributed by atoms with van der Waals surface area (Å²) in [5, 5.41) is 0. The van der Waals surface area contributed by atoms with Crippen molar-refractivity contribution in [1.82, 2.24) is 19.9 Å². The molecular formula is C21H22N4O2. The molecule has 0 unspecified atom stereocenters. The molecule has 3 heterocycles. The second-order valence-electron chi connectivity index (χ2n) is 6.58. The standard InChI is InChI=1S/C21H22N4O2/c1-2-27-19-8-4-3-6-16(19)13-25-11-9-17-18(14-25)23-20(24-21(17)26)15-7-5-10-22-12-15/h3-8,10,12H,2,9,11,13-14H2,1H3,(H,23,24,26). The zero-order valence-corrected chi connectivity index (χ0v) is 15.3. The summed E-state index contributed by atoms with van der Waals surface area (Å²) in [6.45, 7) is 4.87. The number of fused-ring (bicyclic) bond motifs is 1. The second kappa shape index (κ2) is 7.72. The molecule has 0 saturated heterocycles. The van der Waals surface area contributed by atoms with Crippen molar-refractivity contribution in [2.45, 2.75) is 26.4 Å². The number of nitrogens with zero attached hydrogens (tertiary/aromatic N) is 3. The highest BCUT2D eigenvalue weighted by Gasteiger charge is 2.22. The van der Waals surface area contributed by atoms with Crippen molar-refractivity contribution < 1.29 is 4.74 Å². The minimum absolute atomic E-state index is 0.0479. The van der Waals surface area contributed by atoms with Crippen LogP contribution in [-0.4, -0.2) is 33.0 Å². The molecule has 6 heteroatoms. The minimum Gasteiger partial charge on any atom is -0.494 e. The number of hydrogen-bond acceptors (Lipinski definition) is 5. The van der Waals surface area contributed by atoms with E-state index in [2.05, 4.69) is 20.9 Å². The van der Waals surface area contributed by atoms with E-state index in [-0.39, 0.29) is 5.56 Å². The number of pyridine rings is 1. The van der Waals surface area contributed by atoms with Crippen molar-refractivity contribution in [2.24, 2.45) is 0 Å². The molecule has 0 atom stereocenters. The molecule has 4 rings (SSSR count). The van der Waals surface area contributed by atoms with Crippen molar-refractivity contribution in [1.29, 1.82) is 0 Å². The molecule has 0 bridgehead atoms. The van der Waals surface area contributed by atoms with Gasteiger partial charge in [-0.15, -0.1) is 0 Å². The Hall–Kier alpha value is -2.99. The molecule has 1 aliphatic heterocycles. The molecule has 3 aromatic rings. The highest BCUT2D eigenvalue weighted by atomic mass is 16.5. The Labute approximate surface area is 157 Å². The fourth-order valence-corrected chi connectivity index (χ4v) is 3.44. The summed E-state index contributed by atoms with van der Waals surface area (Å²) < 4.78 is 5.74. The van der Waals surface area contributed by atoms with Crippen LogP contribution in [0.1, 0.15) is 23.7 Å². The van der Waals surface area contributed by atoms with Crippen molar-refractivity contribution >= 4 is 0 Å². The van der Waals surface area contributed by atoms with Gasteiger partial charge in [-0.05, 0) is 31.5 Å². The summed E-state index contributed by atoms with van der Waals surface area (Å²) in [6, 6.07) is 11.8. The van der Waals surface area contributed by atoms with E-state index < -0.39 is 0 Å². The van der Waals surface area contributed by atoms with E-state index in [1.165, 1.54) is 0 Å². The third-order valence-corrected chi connectivity index (χ3v) is 4.75. The molecule has 1 aliphatic rings. The van der Waals surface area contributed by atoms with Gasteiger partial charge in [-0.25, -0.2) is 4.98 Å². The van der Waals surface area contributed by atoms with Gasteiger partial charge in [0.25, 0.3) is 5.56 Å². The number of para-hydroxylation sites is 1. The Bertz CT molecular complexity index is 985. The second-order valence-corrected chi connectivity index (χ2v) is 6.58. The zero-order valence-electron chi connectivity index (χ0n) is 15.3. The van der Waals surface area contributed by atoms with Crippen LogP contribution < -0.4 is 10.3 Å². The van der Waals surface area contributed by atoms with Gasteiger partial charge < -0.3 is 9.72 Å². The molecule has 2 aromatic heterocycles.